The minimum absolute atomic E-state index is 0.0345. The van der Waals surface area contributed by atoms with Crippen molar-refractivity contribution in [2.24, 2.45) is 0 Å². The van der Waals surface area contributed by atoms with Crippen LogP contribution in [-0.2, 0) is 16.2 Å². The van der Waals surface area contributed by atoms with Crippen LogP contribution >= 0.6 is 0 Å². The molecule has 1 aliphatic heterocycles. The van der Waals surface area contributed by atoms with E-state index < -0.39 is 0 Å². The van der Waals surface area contributed by atoms with E-state index in [1.165, 1.54) is 38.8 Å². The van der Waals surface area contributed by atoms with Crippen LogP contribution in [-0.4, -0.2) is 7.28 Å². The molecule has 322 valence electrons. The quantitative estimate of drug-likeness (QED) is 0.175. The standard InChI is InChI=1S/C61H53BN2O2/c1-59(2,3)37-26-29-39(30-27-37)63-56-44(32-31-42-40-20-12-15-23-47(40)61(7,8)53(42)56)52-55-49(35-46-41-21-13-16-24-50(41)65-57(46)52)64(58-54(62-55)43-22-14-17-25-51(43)66-58)48-33-28-38(60(4,5)6)34-45(48)36-18-10-9-11-19-36/h9-35,62-63H,1-8H3. The molecule has 0 radical (unpaired) electrons. The molecule has 0 atom stereocenters. The number of hydrogen-bond donors (Lipinski definition) is 1. The van der Waals surface area contributed by atoms with Gasteiger partial charge in [-0.1, -0.05) is 177 Å². The molecule has 8 aromatic carbocycles. The van der Waals surface area contributed by atoms with Crippen molar-refractivity contribution in [1.29, 1.82) is 0 Å². The van der Waals surface area contributed by atoms with E-state index in [0.717, 1.165) is 89.3 Å². The highest BCUT2D eigenvalue weighted by atomic mass is 16.4. The van der Waals surface area contributed by atoms with Crippen molar-refractivity contribution in [1.82, 2.24) is 0 Å². The van der Waals surface area contributed by atoms with E-state index in [9.17, 15) is 0 Å². The van der Waals surface area contributed by atoms with Gasteiger partial charge in [-0.25, -0.2) is 0 Å². The van der Waals surface area contributed by atoms with Gasteiger partial charge in [-0.15, -0.1) is 0 Å². The number of para-hydroxylation sites is 2. The number of nitrogens with one attached hydrogen (secondary N) is 1. The van der Waals surface area contributed by atoms with Crippen LogP contribution in [0.15, 0.2) is 173 Å². The summed E-state index contributed by atoms with van der Waals surface area (Å²) >= 11 is 0. The molecule has 3 heterocycles. The van der Waals surface area contributed by atoms with Crippen molar-refractivity contribution in [3.05, 3.63) is 186 Å². The van der Waals surface area contributed by atoms with Gasteiger partial charge < -0.3 is 14.2 Å². The Morgan fingerprint density at radius 3 is 1.89 bits per heavy atom. The van der Waals surface area contributed by atoms with Crippen molar-refractivity contribution in [2.75, 3.05) is 10.2 Å². The third-order valence-corrected chi connectivity index (χ3v) is 14.4. The molecule has 0 spiro atoms. The van der Waals surface area contributed by atoms with Crippen LogP contribution in [0.25, 0.3) is 66.3 Å². The summed E-state index contributed by atoms with van der Waals surface area (Å²) in [5, 5.41) is 7.38. The molecule has 12 rings (SSSR count). The molecule has 2 aromatic heterocycles. The van der Waals surface area contributed by atoms with Crippen LogP contribution in [0, 0.1) is 0 Å². The average molecular weight is 857 g/mol. The molecule has 66 heavy (non-hydrogen) atoms. The van der Waals surface area contributed by atoms with Crippen LogP contribution < -0.4 is 21.1 Å². The number of rotatable bonds is 5. The minimum atomic E-state index is -0.295. The largest absolute Gasteiger partial charge is 0.455 e. The predicted molar refractivity (Wildman–Crippen MR) is 280 cm³/mol. The lowest BCUT2D eigenvalue weighted by Gasteiger charge is -2.34. The van der Waals surface area contributed by atoms with E-state index in [2.05, 4.69) is 229 Å². The Hall–Kier alpha value is -7.24. The van der Waals surface area contributed by atoms with Crippen molar-refractivity contribution >= 4 is 79.7 Å². The molecule has 5 heteroatoms. The SMILES string of the molecule is CC(C)(C)c1ccc(Nc2c(-c3c4c(cc5c3oc3ccccc35)N(c3ccc(C(C)(C)C)cc3-c3ccccc3)c3oc5ccccc5c3B4)ccc3c2C(C)(C)c2ccccc2-3)cc1. The fraction of sp³-hybridized carbons (Fsp3) is 0.180. The van der Waals surface area contributed by atoms with Gasteiger partial charge in [0.2, 0.25) is 7.28 Å². The molecule has 4 nitrogen and oxygen atoms in total. The Kier molecular flexibility index (Phi) is 8.78. The van der Waals surface area contributed by atoms with Crippen molar-refractivity contribution < 1.29 is 8.83 Å². The van der Waals surface area contributed by atoms with Gasteiger partial charge in [0, 0.05) is 49.6 Å². The Balaban J connectivity index is 1.20. The molecular weight excluding hydrogens is 803 g/mol. The van der Waals surface area contributed by atoms with Crippen LogP contribution in [0.3, 0.4) is 0 Å². The second-order valence-corrected chi connectivity index (χ2v) is 21.0. The van der Waals surface area contributed by atoms with Gasteiger partial charge in [-0.05, 0) is 103 Å². The number of anilines is 5. The second-order valence-electron chi connectivity index (χ2n) is 21.0. The molecule has 0 saturated carbocycles. The topological polar surface area (TPSA) is 41.6 Å². The highest BCUT2D eigenvalue weighted by Crippen LogP contribution is 2.56. The first-order chi connectivity index (χ1) is 31.8. The first kappa shape index (κ1) is 40.3. The Morgan fingerprint density at radius 2 is 1.15 bits per heavy atom. The minimum Gasteiger partial charge on any atom is -0.455 e. The normalized spacial score (nSPS) is 14.0. The zero-order valence-corrected chi connectivity index (χ0v) is 39.1. The highest BCUT2D eigenvalue weighted by Gasteiger charge is 2.41. The fourth-order valence-corrected chi connectivity index (χ4v) is 11.0. The maximum atomic E-state index is 7.17. The summed E-state index contributed by atoms with van der Waals surface area (Å²) in [7, 11) is 0.654. The molecule has 1 aliphatic carbocycles. The van der Waals surface area contributed by atoms with E-state index in [-0.39, 0.29) is 16.2 Å². The van der Waals surface area contributed by atoms with Gasteiger partial charge >= 0.3 is 0 Å². The number of hydrogen-bond acceptors (Lipinski definition) is 4. The molecule has 0 unspecified atom stereocenters. The summed E-state index contributed by atoms with van der Waals surface area (Å²) in [6.07, 6.45) is 0. The molecule has 10 aromatic rings. The van der Waals surface area contributed by atoms with Crippen LogP contribution in [0.1, 0.15) is 77.6 Å². The molecule has 1 N–H and O–H groups in total. The maximum Gasteiger partial charge on any atom is 0.204 e. The van der Waals surface area contributed by atoms with E-state index in [4.69, 9.17) is 8.83 Å². The van der Waals surface area contributed by atoms with Crippen molar-refractivity contribution in [3.63, 3.8) is 0 Å². The van der Waals surface area contributed by atoms with E-state index in [0.29, 0.717) is 7.28 Å². The lowest BCUT2D eigenvalue weighted by Crippen LogP contribution is -2.40. The monoisotopic (exact) mass is 856 g/mol. The molecular formula is C61H53BN2O2. The average Bonchev–Trinajstić information content (AvgIpc) is 3.95. The Bertz CT molecular complexity index is 3580. The first-order valence-electron chi connectivity index (χ1n) is 23.4. The van der Waals surface area contributed by atoms with Crippen LogP contribution in [0.4, 0.5) is 28.6 Å². The maximum absolute atomic E-state index is 7.17. The first-order valence-corrected chi connectivity index (χ1v) is 23.4. The van der Waals surface area contributed by atoms with Gasteiger partial charge in [-0.3, -0.25) is 4.90 Å². The molecule has 0 amide bonds. The summed E-state index contributed by atoms with van der Waals surface area (Å²) < 4.78 is 14.2. The Morgan fingerprint density at radius 1 is 0.515 bits per heavy atom. The van der Waals surface area contributed by atoms with Crippen LogP contribution in [0.2, 0.25) is 0 Å². The number of benzene rings is 8. The van der Waals surface area contributed by atoms with E-state index in [1.807, 2.05) is 0 Å². The van der Waals surface area contributed by atoms with E-state index in [1.54, 1.807) is 0 Å². The van der Waals surface area contributed by atoms with Gasteiger partial charge in [0.15, 0.2) is 5.88 Å². The number of furan rings is 2. The molecule has 2 aliphatic rings. The van der Waals surface area contributed by atoms with Gasteiger partial charge in [0.05, 0.1) is 11.4 Å². The predicted octanol–water partition coefficient (Wildman–Crippen LogP) is 15.5. The molecule has 0 saturated heterocycles. The smallest absolute Gasteiger partial charge is 0.204 e. The summed E-state index contributed by atoms with van der Waals surface area (Å²) in [6.45, 7) is 18.4. The van der Waals surface area contributed by atoms with Gasteiger partial charge in [-0.2, -0.15) is 0 Å². The van der Waals surface area contributed by atoms with Crippen molar-refractivity contribution in [2.45, 2.75) is 71.6 Å². The van der Waals surface area contributed by atoms with Crippen LogP contribution in [0.5, 0.6) is 0 Å². The lowest BCUT2D eigenvalue weighted by molar-refractivity contribution is 0.590. The third-order valence-electron chi connectivity index (χ3n) is 14.4. The molecule has 0 fully saturated rings. The third kappa shape index (κ3) is 6.13. The Labute approximate surface area is 388 Å². The number of fused-ring (bicyclic) bond motifs is 10. The fourth-order valence-electron chi connectivity index (χ4n) is 11.0. The summed E-state index contributed by atoms with van der Waals surface area (Å²) in [6, 6.07) is 59.9. The van der Waals surface area contributed by atoms with Gasteiger partial charge in [0.1, 0.15) is 16.7 Å². The van der Waals surface area contributed by atoms with Crippen molar-refractivity contribution in [3.8, 4) is 33.4 Å². The zero-order chi connectivity index (χ0) is 45.3. The molecule has 0 bridgehead atoms. The zero-order valence-electron chi connectivity index (χ0n) is 39.1. The lowest BCUT2D eigenvalue weighted by atomic mass is 9.58. The summed E-state index contributed by atoms with van der Waals surface area (Å²) in [5.74, 6) is 0.852. The summed E-state index contributed by atoms with van der Waals surface area (Å²) in [4.78, 5) is 2.42. The summed E-state index contributed by atoms with van der Waals surface area (Å²) in [5.41, 5.74) is 21.2. The number of nitrogens with zero attached hydrogens (tertiary/aromatic N) is 1. The second kappa shape index (κ2) is 14.4. The highest BCUT2D eigenvalue weighted by molar-refractivity contribution is 6.76. The van der Waals surface area contributed by atoms with Gasteiger partial charge in [0.25, 0.3) is 0 Å². The van der Waals surface area contributed by atoms with E-state index >= 15 is 0 Å².